The number of nitriles is 2. The molecule has 0 aromatic carbocycles. The number of allylic oxidation sites excluding steroid dienone is 2. The van der Waals surface area contributed by atoms with Crippen LogP contribution in [0.25, 0.3) is 0 Å². The van der Waals surface area contributed by atoms with Crippen LogP contribution >= 0.6 is 0 Å². The molecular formula is C9H10N2. The zero-order valence-electron chi connectivity index (χ0n) is 6.33. The van der Waals surface area contributed by atoms with Crippen LogP contribution in [0.2, 0.25) is 0 Å². The molecule has 2 nitrogen and oxygen atoms in total. The molecule has 0 unspecified atom stereocenters. The monoisotopic (exact) mass is 146 g/mol. The fraction of sp³-hybridized carbons (Fsp3) is 0.556. The lowest BCUT2D eigenvalue weighted by Crippen LogP contribution is -2.07. The van der Waals surface area contributed by atoms with Crippen molar-refractivity contribution in [3.8, 4) is 12.1 Å². The van der Waals surface area contributed by atoms with Gasteiger partial charge in [0.05, 0.1) is 24.5 Å². The number of hydrogen-bond donors (Lipinski definition) is 0. The van der Waals surface area contributed by atoms with Gasteiger partial charge in [0.25, 0.3) is 0 Å². The maximum absolute atomic E-state index is 8.68. The summed E-state index contributed by atoms with van der Waals surface area (Å²) in [6.07, 6.45) is 6.62. The van der Waals surface area contributed by atoms with Gasteiger partial charge in [0, 0.05) is 0 Å². The summed E-state index contributed by atoms with van der Waals surface area (Å²) in [5.74, 6) is 0.249. The highest BCUT2D eigenvalue weighted by molar-refractivity contribution is 5.06. The van der Waals surface area contributed by atoms with E-state index >= 15 is 0 Å². The maximum Gasteiger partial charge on any atom is 0.0672 e. The van der Waals surface area contributed by atoms with E-state index in [0.29, 0.717) is 12.3 Å². The Labute approximate surface area is 66.7 Å². The summed E-state index contributed by atoms with van der Waals surface area (Å²) in [5.41, 5.74) is 0. The van der Waals surface area contributed by atoms with Crippen LogP contribution in [-0.2, 0) is 0 Å². The third kappa shape index (κ3) is 1.82. The molecule has 0 radical (unpaired) electrons. The van der Waals surface area contributed by atoms with Gasteiger partial charge >= 0.3 is 0 Å². The normalized spacial score (nSPS) is 24.0. The van der Waals surface area contributed by atoms with Crippen molar-refractivity contribution in [1.29, 1.82) is 10.5 Å². The van der Waals surface area contributed by atoms with Gasteiger partial charge in [-0.25, -0.2) is 0 Å². The van der Waals surface area contributed by atoms with E-state index in [1.165, 1.54) is 0 Å². The Bertz CT molecular complexity index is 229. The van der Waals surface area contributed by atoms with Crippen molar-refractivity contribution in [1.82, 2.24) is 0 Å². The second-order valence-electron chi connectivity index (χ2n) is 2.77. The predicted octanol–water partition coefficient (Wildman–Crippen LogP) is 2.01. The molecule has 2 heteroatoms. The van der Waals surface area contributed by atoms with E-state index in [2.05, 4.69) is 18.2 Å². The van der Waals surface area contributed by atoms with Gasteiger partial charge in [0.15, 0.2) is 0 Å². The lowest BCUT2D eigenvalue weighted by Gasteiger charge is -2.09. The van der Waals surface area contributed by atoms with Crippen LogP contribution in [0, 0.1) is 34.5 Å². The first-order valence-corrected chi connectivity index (χ1v) is 3.81. The highest BCUT2D eigenvalue weighted by atomic mass is 14.3. The Kier molecular flexibility index (Phi) is 2.69. The molecule has 0 aliphatic heterocycles. The lowest BCUT2D eigenvalue weighted by atomic mass is 9.91. The molecular weight excluding hydrogens is 136 g/mol. The number of rotatable bonds is 2. The molecule has 0 aromatic heterocycles. The fourth-order valence-electron chi connectivity index (χ4n) is 1.38. The van der Waals surface area contributed by atoms with E-state index in [-0.39, 0.29) is 5.92 Å². The quantitative estimate of drug-likeness (QED) is 0.559. The highest BCUT2D eigenvalue weighted by Crippen LogP contribution is 2.26. The largest absolute Gasteiger partial charge is 0.198 e. The van der Waals surface area contributed by atoms with E-state index in [4.69, 9.17) is 10.5 Å². The standard InChI is InChI=1S/C9H10N2/c10-6-5-9(7-11)8-3-1-2-4-8/h1,3,8-9H,2,4-5H2/t8-,9-/m0/s1. The van der Waals surface area contributed by atoms with E-state index in [9.17, 15) is 0 Å². The van der Waals surface area contributed by atoms with Gasteiger partial charge < -0.3 is 0 Å². The number of hydrogen-bond acceptors (Lipinski definition) is 2. The molecule has 0 saturated carbocycles. The summed E-state index contributed by atoms with van der Waals surface area (Å²) in [6.45, 7) is 0. The molecule has 0 amide bonds. The molecule has 0 saturated heterocycles. The van der Waals surface area contributed by atoms with E-state index in [0.717, 1.165) is 12.8 Å². The molecule has 1 rings (SSSR count). The van der Waals surface area contributed by atoms with Crippen LogP contribution in [0.5, 0.6) is 0 Å². The average Bonchev–Trinajstić information content (AvgIpc) is 2.52. The Morgan fingerprint density at radius 3 is 2.82 bits per heavy atom. The van der Waals surface area contributed by atoms with Crippen LogP contribution in [-0.4, -0.2) is 0 Å². The summed E-state index contributed by atoms with van der Waals surface area (Å²) >= 11 is 0. The van der Waals surface area contributed by atoms with Crippen molar-refractivity contribution in [3.05, 3.63) is 12.2 Å². The Morgan fingerprint density at radius 2 is 2.36 bits per heavy atom. The van der Waals surface area contributed by atoms with Crippen molar-refractivity contribution >= 4 is 0 Å². The van der Waals surface area contributed by atoms with Crippen LogP contribution in [0.4, 0.5) is 0 Å². The molecule has 0 spiro atoms. The smallest absolute Gasteiger partial charge is 0.0672 e. The summed E-state index contributed by atoms with van der Waals surface area (Å²) < 4.78 is 0. The van der Waals surface area contributed by atoms with Crippen LogP contribution in [0.3, 0.4) is 0 Å². The van der Waals surface area contributed by atoms with Crippen molar-refractivity contribution in [3.63, 3.8) is 0 Å². The molecule has 1 aliphatic carbocycles. The van der Waals surface area contributed by atoms with E-state index in [1.807, 2.05) is 6.07 Å². The third-order valence-corrected chi connectivity index (χ3v) is 2.04. The zero-order chi connectivity index (χ0) is 8.10. The maximum atomic E-state index is 8.68. The first-order valence-electron chi connectivity index (χ1n) is 3.81. The summed E-state index contributed by atoms with van der Waals surface area (Å²) in [5, 5.41) is 17.1. The van der Waals surface area contributed by atoms with E-state index in [1.54, 1.807) is 0 Å². The van der Waals surface area contributed by atoms with Crippen LogP contribution in [0.1, 0.15) is 19.3 Å². The van der Waals surface area contributed by atoms with Crippen LogP contribution < -0.4 is 0 Å². The van der Waals surface area contributed by atoms with Gasteiger partial charge in [-0.1, -0.05) is 12.2 Å². The topological polar surface area (TPSA) is 47.6 Å². The van der Waals surface area contributed by atoms with E-state index < -0.39 is 0 Å². The van der Waals surface area contributed by atoms with Gasteiger partial charge in [0.1, 0.15) is 0 Å². The molecule has 0 aromatic rings. The second kappa shape index (κ2) is 3.78. The Hall–Kier alpha value is -1.28. The SMILES string of the molecule is N#CC[C@@H](C#N)[C@H]1C=CCC1. The third-order valence-electron chi connectivity index (χ3n) is 2.04. The average molecular weight is 146 g/mol. The highest BCUT2D eigenvalue weighted by Gasteiger charge is 2.20. The van der Waals surface area contributed by atoms with Gasteiger partial charge in [-0.2, -0.15) is 10.5 Å². The van der Waals surface area contributed by atoms with Crippen LogP contribution in [0.15, 0.2) is 12.2 Å². The minimum Gasteiger partial charge on any atom is -0.198 e. The summed E-state index contributed by atoms with van der Waals surface area (Å²) in [7, 11) is 0. The summed E-state index contributed by atoms with van der Waals surface area (Å²) in [4.78, 5) is 0. The molecule has 0 bridgehead atoms. The molecule has 0 heterocycles. The second-order valence-corrected chi connectivity index (χ2v) is 2.77. The van der Waals surface area contributed by atoms with Crippen molar-refractivity contribution in [2.75, 3.05) is 0 Å². The summed E-state index contributed by atoms with van der Waals surface area (Å²) in [6, 6.07) is 4.21. The van der Waals surface area contributed by atoms with Gasteiger partial charge in [-0.05, 0) is 18.8 Å². The molecule has 0 fully saturated rings. The molecule has 0 N–H and O–H groups in total. The van der Waals surface area contributed by atoms with Crippen molar-refractivity contribution in [2.24, 2.45) is 11.8 Å². The number of nitrogens with zero attached hydrogens (tertiary/aromatic N) is 2. The van der Waals surface area contributed by atoms with Gasteiger partial charge in [-0.15, -0.1) is 0 Å². The zero-order valence-corrected chi connectivity index (χ0v) is 6.33. The van der Waals surface area contributed by atoms with Gasteiger partial charge in [-0.3, -0.25) is 0 Å². The molecule has 1 aliphatic rings. The first-order chi connectivity index (χ1) is 5.38. The van der Waals surface area contributed by atoms with Crippen molar-refractivity contribution < 1.29 is 0 Å². The Morgan fingerprint density at radius 1 is 1.55 bits per heavy atom. The molecule has 11 heavy (non-hydrogen) atoms. The Balaban J connectivity index is 2.50. The minimum absolute atomic E-state index is 0.0845. The molecule has 56 valence electrons. The lowest BCUT2D eigenvalue weighted by molar-refractivity contribution is 0.485. The van der Waals surface area contributed by atoms with Crippen molar-refractivity contribution in [2.45, 2.75) is 19.3 Å². The first kappa shape index (κ1) is 7.82. The molecule has 2 atom stereocenters. The predicted molar refractivity (Wildman–Crippen MR) is 41.2 cm³/mol. The minimum atomic E-state index is -0.0845. The fourth-order valence-corrected chi connectivity index (χ4v) is 1.38. The van der Waals surface area contributed by atoms with Gasteiger partial charge in [0.2, 0.25) is 0 Å².